The summed E-state index contributed by atoms with van der Waals surface area (Å²) < 4.78 is 5.88. The summed E-state index contributed by atoms with van der Waals surface area (Å²) in [6.45, 7) is 6.59. The Labute approximate surface area is 151 Å². The number of fused-ring (bicyclic) bond motifs is 1. The Morgan fingerprint density at radius 3 is 2.84 bits per heavy atom. The summed E-state index contributed by atoms with van der Waals surface area (Å²) in [6, 6.07) is 9.31. The molecule has 1 aromatic carbocycles. The smallest absolute Gasteiger partial charge is 0.236 e. The summed E-state index contributed by atoms with van der Waals surface area (Å²) in [5, 5.41) is 4.86. The zero-order valence-electron chi connectivity index (χ0n) is 14.7. The van der Waals surface area contributed by atoms with Crippen LogP contribution in [0.3, 0.4) is 0 Å². The van der Waals surface area contributed by atoms with Gasteiger partial charge in [-0.1, -0.05) is 6.07 Å². The van der Waals surface area contributed by atoms with E-state index < -0.39 is 5.41 Å². The number of carbonyl (C=O) groups excluding carboxylic acids is 2. The van der Waals surface area contributed by atoms with Gasteiger partial charge in [0.05, 0.1) is 17.5 Å². The summed E-state index contributed by atoms with van der Waals surface area (Å²) in [5.74, 6) is 0.595. The van der Waals surface area contributed by atoms with Crippen LogP contribution in [-0.2, 0) is 16.0 Å². The molecule has 0 saturated heterocycles. The largest absolute Gasteiger partial charge is 0.490 e. The molecule has 2 heterocycles. The summed E-state index contributed by atoms with van der Waals surface area (Å²) in [5.41, 5.74) is 0.829. The van der Waals surface area contributed by atoms with Gasteiger partial charge in [0.15, 0.2) is 0 Å². The predicted molar refractivity (Wildman–Crippen MR) is 100 cm³/mol. The fourth-order valence-corrected chi connectivity index (χ4v) is 3.52. The zero-order chi connectivity index (χ0) is 18.0. The minimum absolute atomic E-state index is 0.0447. The topological polar surface area (TPSA) is 58.6 Å². The number of hydrogen-bond donors (Lipinski definition) is 1. The van der Waals surface area contributed by atoms with Crippen LogP contribution in [0.15, 0.2) is 35.7 Å². The number of thiophene rings is 1. The van der Waals surface area contributed by atoms with Gasteiger partial charge in [0.1, 0.15) is 12.4 Å². The molecule has 1 aliphatic rings. The Hall–Kier alpha value is -2.34. The summed E-state index contributed by atoms with van der Waals surface area (Å²) >= 11 is 1.56. The van der Waals surface area contributed by atoms with Crippen molar-refractivity contribution in [1.29, 1.82) is 0 Å². The van der Waals surface area contributed by atoms with E-state index in [9.17, 15) is 9.59 Å². The van der Waals surface area contributed by atoms with Gasteiger partial charge in [-0.3, -0.25) is 9.59 Å². The van der Waals surface area contributed by atoms with Crippen molar-refractivity contribution in [3.8, 4) is 5.75 Å². The van der Waals surface area contributed by atoms with Gasteiger partial charge < -0.3 is 15.0 Å². The molecule has 5 nitrogen and oxygen atoms in total. The lowest BCUT2D eigenvalue weighted by molar-refractivity contribution is -0.127. The van der Waals surface area contributed by atoms with Crippen LogP contribution < -0.4 is 15.0 Å². The van der Waals surface area contributed by atoms with E-state index in [0.29, 0.717) is 31.0 Å². The number of nitrogens with zero attached hydrogens (tertiary/aromatic N) is 1. The molecule has 3 rings (SSSR count). The van der Waals surface area contributed by atoms with E-state index in [2.05, 4.69) is 5.32 Å². The van der Waals surface area contributed by atoms with Crippen molar-refractivity contribution < 1.29 is 14.3 Å². The quantitative estimate of drug-likeness (QED) is 0.907. The summed E-state index contributed by atoms with van der Waals surface area (Å²) in [7, 11) is 0. The second-order valence-corrected chi connectivity index (χ2v) is 7.74. The van der Waals surface area contributed by atoms with Gasteiger partial charge in [-0.2, -0.15) is 0 Å². The fraction of sp³-hybridized carbons (Fsp3) is 0.368. The molecular formula is C19H22N2O3S. The number of anilines is 2. The molecule has 1 aliphatic heterocycles. The van der Waals surface area contributed by atoms with E-state index in [1.54, 1.807) is 22.3 Å². The highest BCUT2D eigenvalue weighted by Gasteiger charge is 2.37. The van der Waals surface area contributed by atoms with Crippen molar-refractivity contribution in [2.75, 3.05) is 23.4 Å². The molecule has 0 radical (unpaired) electrons. The number of benzene rings is 1. The molecule has 6 heteroatoms. The molecule has 1 N–H and O–H groups in total. The summed E-state index contributed by atoms with van der Waals surface area (Å²) in [4.78, 5) is 27.6. The van der Waals surface area contributed by atoms with Gasteiger partial charge in [-0.05, 0) is 44.4 Å². The second kappa shape index (κ2) is 6.88. The molecule has 1 aromatic heterocycles. The first-order valence-electron chi connectivity index (χ1n) is 8.32. The van der Waals surface area contributed by atoms with Gasteiger partial charge >= 0.3 is 0 Å². The van der Waals surface area contributed by atoms with Crippen molar-refractivity contribution in [3.05, 3.63) is 40.6 Å². The molecule has 0 fully saturated rings. The highest BCUT2D eigenvalue weighted by Crippen LogP contribution is 2.38. The molecule has 0 spiro atoms. The SMILES string of the molecule is CCN1C(=O)C(C)(C)COc2cc(NC(=O)Cc3cccs3)ccc21. The Morgan fingerprint density at radius 2 is 2.16 bits per heavy atom. The van der Waals surface area contributed by atoms with Crippen LogP contribution in [0.5, 0.6) is 5.75 Å². The maximum Gasteiger partial charge on any atom is 0.236 e. The minimum atomic E-state index is -0.586. The molecule has 0 unspecified atom stereocenters. The third kappa shape index (κ3) is 3.69. The lowest BCUT2D eigenvalue weighted by atomic mass is 9.93. The molecule has 0 bridgehead atoms. The van der Waals surface area contributed by atoms with Gasteiger partial charge in [0.25, 0.3) is 0 Å². The van der Waals surface area contributed by atoms with Crippen LogP contribution in [0.25, 0.3) is 0 Å². The average Bonchev–Trinajstić information content (AvgIpc) is 3.04. The Kier molecular flexibility index (Phi) is 4.81. The van der Waals surface area contributed by atoms with Crippen molar-refractivity contribution in [2.24, 2.45) is 5.41 Å². The Morgan fingerprint density at radius 1 is 1.36 bits per heavy atom. The van der Waals surface area contributed by atoms with E-state index >= 15 is 0 Å². The van der Waals surface area contributed by atoms with Gasteiger partial charge in [-0.15, -0.1) is 11.3 Å². The third-order valence-electron chi connectivity index (χ3n) is 4.18. The first-order chi connectivity index (χ1) is 11.9. The minimum Gasteiger partial charge on any atom is -0.490 e. The van der Waals surface area contributed by atoms with Crippen molar-refractivity contribution >= 4 is 34.5 Å². The highest BCUT2D eigenvalue weighted by molar-refractivity contribution is 7.10. The maximum absolute atomic E-state index is 12.7. The van der Waals surface area contributed by atoms with Crippen LogP contribution in [0.4, 0.5) is 11.4 Å². The lowest BCUT2D eigenvalue weighted by Gasteiger charge is -2.26. The average molecular weight is 358 g/mol. The maximum atomic E-state index is 12.7. The van der Waals surface area contributed by atoms with E-state index in [4.69, 9.17) is 4.74 Å². The van der Waals surface area contributed by atoms with Gasteiger partial charge in [0.2, 0.25) is 11.8 Å². The van der Waals surface area contributed by atoms with Crippen LogP contribution >= 0.6 is 11.3 Å². The standard InChI is InChI=1S/C19H22N2O3S/c1-4-21-15-8-7-13(20-17(22)11-14-6-5-9-25-14)10-16(15)24-12-19(2,3)18(21)23/h5-10H,4,11-12H2,1-3H3,(H,20,22). The van der Waals surface area contributed by atoms with E-state index in [1.807, 2.05) is 50.4 Å². The number of carbonyl (C=O) groups is 2. The Bertz CT molecular complexity index is 784. The number of hydrogen-bond acceptors (Lipinski definition) is 4. The monoisotopic (exact) mass is 358 g/mol. The van der Waals surface area contributed by atoms with Crippen LogP contribution in [0.2, 0.25) is 0 Å². The molecular weight excluding hydrogens is 336 g/mol. The van der Waals surface area contributed by atoms with E-state index in [1.165, 1.54) is 0 Å². The first-order valence-corrected chi connectivity index (χ1v) is 9.20. The van der Waals surface area contributed by atoms with Crippen molar-refractivity contribution in [1.82, 2.24) is 0 Å². The normalized spacial score (nSPS) is 16.0. The molecule has 132 valence electrons. The van der Waals surface area contributed by atoms with Crippen LogP contribution in [-0.4, -0.2) is 25.0 Å². The van der Waals surface area contributed by atoms with E-state index in [0.717, 1.165) is 10.6 Å². The molecule has 2 aromatic rings. The lowest BCUT2D eigenvalue weighted by Crippen LogP contribution is -2.42. The molecule has 0 atom stereocenters. The van der Waals surface area contributed by atoms with Crippen molar-refractivity contribution in [2.45, 2.75) is 27.2 Å². The highest BCUT2D eigenvalue weighted by atomic mass is 32.1. The summed E-state index contributed by atoms with van der Waals surface area (Å²) in [6.07, 6.45) is 0.349. The van der Waals surface area contributed by atoms with Crippen LogP contribution in [0, 0.1) is 5.41 Å². The van der Waals surface area contributed by atoms with Crippen molar-refractivity contribution in [3.63, 3.8) is 0 Å². The molecule has 2 amide bonds. The molecule has 0 saturated carbocycles. The molecule has 0 aliphatic carbocycles. The number of ether oxygens (including phenoxy) is 1. The Balaban J connectivity index is 1.81. The number of nitrogens with one attached hydrogen (secondary N) is 1. The van der Waals surface area contributed by atoms with Gasteiger partial charge in [0, 0.05) is 23.2 Å². The second-order valence-electron chi connectivity index (χ2n) is 6.71. The predicted octanol–water partition coefficient (Wildman–Crippen LogP) is 3.70. The number of rotatable bonds is 4. The number of amides is 2. The first kappa shape index (κ1) is 17.5. The fourth-order valence-electron chi connectivity index (χ4n) is 2.82. The third-order valence-corrected chi connectivity index (χ3v) is 5.05. The zero-order valence-corrected chi connectivity index (χ0v) is 15.5. The van der Waals surface area contributed by atoms with Crippen LogP contribution in [0.1, 0.15) is 25.6 Å². The van der Waals surface area contributed by atoms with E-state index in [-0.39, 0.29) is 11.8 Å². The molecule has 25 heavy (non-hydrogen) atoms. The van der Waals surface area contributed by atoms with Gasteiger partial charge in [-0.25, -0.2) is 0 Å².